The number of halogens is 2. The van der Waals surface area contributed by atoms with E-state index in [0.717, 1.165) is 31.2 Å². The number of rotatable bonds is 4. The first kappa shape index (κ1) is 18.0. The highest BCUT2D eigenvalue weighted by Gasteiger charge is 2.25. The van der Waals surface area contributed by atoms with Crippen molar-refractivity contribution < 1.29 is 14.3 Å². The molecule has 4 nitrogen and oxygen atoms in total. The Morgan fingerprint density at radius 2 is 2.00 bits per heavy atom. The summed E-state index contributed by atoms with van der Waals surface area (Å²) in [5, 5.41) is 15.6. The monoisotopic (exact) mass is 342 g/mol. The SMILES string of the molecule is CC(C)(CNC(=O)NC1CCC(O)CC1)c1ccc(F)cc1Cl. The molecular weight excluding hydrogens is 319 g/mol. The minimum atomic E-state index is -0.412. The van der Waals surface area contributed by atoms with Crippen LogP contribution in [0.5, 0.6) is 0 Å². The quantitative estimate of drug-likeness (QED) is 0.785. The van der Waals surface area contributed by atoms with Crippen LogP contribution in [0.1, 0.15) is 45.1 Å². The number of carbonyl (C=O) groups excluding carboxylic acids is 1. The fourth-order valence-corrected chi connectivity index (χ4v) is 3.31. The van der Waals surface area contributed by atoms with Gasteiger partial charge in [-0.05, 0) is 43.4 Å². The lowest BCUT2D eigenvalue weighted by Crippen LogP contribution is -2.47. The maximum absolute atomic E-state index is 13.2. The number of aliphatic hydroxyl groups is 1. The molecule has 2 amide bonds. The van der Waals surface area contributed by atoms with Gasteiger partial charge in [0.25, 0.3) is 0 Å². The molecule has 1 aromatic carbocycles. The number of amides is 2. The third-order valence-corrected chi connectivity index (χ3v) is 4.70. The standard InChI is InChI=1S/C17H24ClFN2O2/c1-17(2,14-8-3-11(19)9-15(14)18)10-20-16(23)21-12-4-6-13(22)7-5-12/h3,8-9,12-13,22H,4-7,10H2,1-2H3,(H2,20,21,23). The van der Waals surface area contributed by atoms with Crippen LogP contribution in [0.15, 0.2) is 18.2 Å². The normalized spacial score (nSPS) is 21.8. The Hall–Kier alpha value is -1.33. The lowest BCUT2D eigenvalue weighted by molar-refractivity contribution is 0.117. The van der Waals surface area contributed by atoms with Gasteiger partial charge in [0.05, 0.1) is 6.10 Å². The molecule has 0 saturated heterocycles. The van der Waals surface area contributed by atoms with Crippen molar-refractivity contribution in [2.75, 3.05) is 6.54 Å². The fourth-order valence-electron chi connectivity index (χ4n) is 2.89. The second kappa shape index (κ2) is 7.49. The molecule has 0 bridgehead atoms. The van der Waals surface area contributed by atoms with Gasteiger partial charge in [0.2, 0.25) is 0 Å². The summed E-state index contributed by atoms with van der Waals surface area (Å²) < 4.78 is 13.2. The van der Waals surface area contributed by atoms with Gasteiger partial charge in [0.1, 0.15) is 5.82 Å². The second-order valence-electron chi connectivity index (χ2n) is 6.84. The van der Waals surface area contributed by atoms with E-state index < -0.39 is 5.41 Å². The Bertz CT molecular complexity index is 558. The summed E-state index contributed by atoms with van der Waals surface area (Å²) in [5.74, 6) is -0.375. The minimum Gasteiger partial charge on any atom is -0.393 e. The molecule has 0 radical (unpaired) electrons. The van der Waals surface area contributed by atoms with Crippen molar-refractivity contribution in [1.29, 1.82) is 0 Å². The van der Waals surface area contributed by atoms with Gasteiger partial charge in [-0.15, -0.1) is 0 Å². The topological polar surface area (TPSA) is 61.4 Å². The number of hydrogen-bond donors (Lipinski definition) is 3. The van der Waals surface area contributed by atoms with Gasteiger partial charge in [-0.1, -0.05) is 31.5 Å². The Morgan fingerprint density at radius 1 is 1.35 bits per heavy atom. The first-order chi connectivity index (χ1) is 10.8. The summed E-state index contributed by atoms with van der Waals surface area (Å²) in [4.78, 5) is 12.0. The Balaban J connectivity index is 1.87. The molecule has 2 rings (SSSR count). The molecule has 0 aromatic heterocycles. The molecule has 23 heavy (non-hydrogen) atoms. The maximum Gasteiger partial charge on any atom is 0.315 e. The lowest BCUT2D eigenvalue weighted by Gasteiger charge is -2.29. The molecular formula is C17H24ClFN2O2. The third-order valence-electron chi connectivity index (χ3n) is 4.38. The van der Waals surface area contributed by atoms with E-state index in [-0.39, 0.29) is 24.0 Å². The molecule has 1 aliphatic carbocycles. The van der Waals surface area contributed by atoms with Crippen LogP contribution in [0, 0.1) is 5.82 Å². The summed E-state index contributed by atoms with van der Waals surface area (Å²) in [7, 11) is 0. The molecule has 0 spiro atoms. The Labute approximate surface area is 141 Å². The van der Waals surface area contributed by atoms with E-state index in [1.807, 2.05) is 13.8 Å². The molecule has 3 N–H and O–H groups in total. The number of urea groups is 1. The minimum absolute atomic E-state index is 0.107. The predicted octanol–water partition coefficient (Wildman–Crippen LogP) is 3.36. The predicted molar refractivity (Wildman–Crippen MR) is 89.2 cm³/mol. The number of aliphatic hydroxyl groups excluding tert-OH is 1. The first-order valence-corrected chi connectivity index (χ1v) is 8.34. The van der Waals surface area contributed by atoms with Crippen LogP contribution >= 0.6 is 11.6 Å². The van der Waals surface area contributed by atoms with Crippen molar-refractivity contribution in [2.24, 2.45) is 0 Å². The first-order valence-electron chi connectivity index (χ1n) is 7.96. The molecule has 1 fully saturated rings. The van der Waals surface area contributed by atoms with E-state index in [1.165, 1.54) is 12.1 Å². The van der Waals surface area contributed by atoms with E-state index >= 15 is 0 Å². The summed E-state index contributed by atoms with van der Waals surface area (Å²) in [6, 6.07) is 4.19. The van der Waals surface area contributed by atoms with Gasteiger partial charge in [-0.2, -0.15) is 0 Å². The summed E-state index contributed by atoms with van der Waals surface area (Å²) >= 11 is 6.11. The molecule has 0 atom stereocenters. The molecule has 0 unspecified atom stereocenters. The van der Waals surface area contributed by atoms with Crippen molar-refractivity contribution in [2.45, 2.75) is 57.1 Å². The van der Waals surface area contributed by atoms with Crippen molar-refractivity contribution in [3.8, 4) is 0 Å². The molecule has 1 aromatic rings. The molecule has 1 saturated carbocycles. The van der Waals surface area contributed by atoms with Crippen LogP contribution in [0.4, 0.5) is 9.18 Å². The van der Waals surface area contributed by atoms with E-state index in [9.17, 15) is 14.3 Å². The highest BCUT2D eigenvalue weighted by Crippen LogP contribution is 2.30. The lowest BCUT2D eigenvalue weighted by atomic mass is 9.84. The highest BCUT2D eigenvalue weighted by molar-refractivity contribution is 6.31. The van der Waals surface area contributed by atoms with E-state index in [1.54, 1.807) is 6.07 Å². The number of hydrogen-bond acceptors (Lipinski definition) is 2. The molecule has 1 aliphatic rings. The largest absolute Gasteiger partial charge is 0.393 e. The average molecular weight is 343 g/mol. The van der Waals surface area contributed by atoms with Gasteiger partial charge in [-0.3, -0.25) is 0 Å². The summed E-state index contributed by atoms with van der Waals surface area (Å²) in [6.07, 6.45) is 2.79. The maximum atomic E-state index is 13.2. The second-order valence-corrected chi connectivity index (χ2v) is 7.25. The number of benzene rings is 1. The van der Waals surface area contributed by atoms with Gasteiger partial charge in [0, 0.05) is 23.0 Å². The van der Waals surface area contributed by atoms with E-state index in [4.69, 9.17) is 11.6 Å². The molecule has 0 heterocycles. The van der Waals surface area contributed by atoms with Crippen LogP contribution in [0.3, 0.4) is 0 Å². The van der Waals surface area contributed by atoms with Crippen LogP contribution in [-0.2, 0) is 5.41 Å². The fraction of sp³-hybridized carbons (Fsp3) is 0.588. The van der Waals surface area contributed by atoms with Crippen molar-refractivity contribution >= 4 is 17.6 Å². The zero-order chi connectivity index (χ0) is 17.0. The zero-order valence-corrected chi connectivity index (χ0v) is 14.3. The Kier molecular flexibility index (Phi) is 5.87. The molecule has 0 aliphatic heterocycles. The van der Waals surface area contributed by atoms with Gasteiger partial charge in [0.15, 0.2) is 0 Å². The van der Waals surface area contributed by atoms with E-state index in [2.05, 4.69) is 10.6 Å². The van der Waals surface area contributed by atoms with Crippen molar-refractivity contribution in [3.63, 3.8) is 0 Å². The van der Waals surface area contributed by atoms with Crippen LogP contribution in [0.2, 0.25) is 5.02 Å². The van der Waals surface area contributed by atoms with E-state index in [0.29, 0.717) is 11.6 Å². The zero-order valence-electron chi connectivity index (χ0n) is 13.5. The summed E-state index contributed by atoms with van der Waals surface area (Å²) in [6.45, 7) is 4.28. The summed E-state index contributed by atoms with van der Waals surface area (Å²) in [5.41, 5.74) is 0.381. The van der Waals surface area contributed by atoms with Crippen LogP contribution in [-0.4, -0.2) is 29.8 Å². The Morgan fingerprint density at radius 3 is 2.61 bits per heavy atom. The molecule has 6 heteroatoms. The molecule has 128 valence electrons. The number of carbonyl (C=O) groups is 1. The highest BCUT2D eigenvalue weighted by atomic mass is 35.5. The van der Waals surface area contributed by atoms with Gasteiger partial charge >= 0.3 is 6.03 Å². The van der Waals surface area contributed by atoms with Crippen LogP contribution in [0.25, 0.3) is 0 Å². The third kappa shape index (κ3) is 5.08. The van der Waals surface area contributed by atoms with Crippen molar-refractivity contribution in [3.05, 3.63) is 34.6 Å². The van der Waals surface area contributed by atoms with Crippen molar-refractivity contribution in [1.82, 2.24) is 10.6 Å². The van der Waals surface area contributed by atoms with Gasteiger partial charge < -0.3 is 15.7 Å². The number of nitrogens with one attached hydrogen (secondary N) is 2. The smallest absolute Gasteiger partial charge is 0.315 e. The van der Waals surface area contributed by atoms with Crippen LogP contribution < -0.4 is 10.6 Å². The van der Waals surface area contributed by atoms with Gasteiger partial charge in [-0.25, -0.2) is 9.18 Å². The average Bonchev–Trinajstić information content (AvgIpc) is 2.47.